The van der Waals surface area contributed by atoms with Crippen LogP contribution in [0.4, 0.5) is 0 Å². The number of hydrogen-bond donors (Lipinski definition) is 1. The molecule has 128 valence electrons. The highest BCUT2D eigenvalue weighted by Gasteiger charge is 2.25. The van der Waals surface area contributed by atoms with Crippen molar-refractivity contribution < 1.29 is 14.6 Å². The predicted octanol–water partition coefficient (Wildman–Crippen LogP) is 3.96. The third-order valence-corrected chi connectivity index (χ3v) is 5.41. The van der Waals surface area contributed by atoms with Gasteiger partial charge in [0.1, 0.15) is 5.82 Å². The Morgan fingerprint density at radius 2 is 2.04 bits per heavy atom. The number of benzene rings is 1. The van der Waals surface area contributed by atoms with Gasteiger partial charge >= 0.3 is 5.97 Å². The van der Waals surface area contributed by atoms with Gasteiger partial charge in [-0.05, 0) is 43.9 Å². The summed E-state index contributed by atoms with van der Waals surface area (Å²) in [5, 5.41) is 9.24. The molecule has 24 heavy (non-hydrogen) atoms. The number of aromatic carboxylic acids is 1. The van der Waals surface area contributed by atoms with E-state index in [1.807, 2.05) is 6.07 Å². The lowest BCUT2D eigenvalue weighted by atomic mass is 9.88. The van der Waals surface area contributed by atoms with E-state index in [1.165, 1.54) is 32.1 Å². The van der Waals surface area contributed by atoms with Crippen LogP contribution in [-0.4, -0.2) is 33.3 Å². The fraction of sp³-hybridized carbons (Fsp3) is 0.579. The first-order chi connectivity index (χ1) is 11.7. The molecule has 2 heterocycles. The normalized spacial score (nSPS) is 22.2. The maximum atomic E-state index is 11.3. The van der Waals surface area contributed by atoms with E-state index in [0.717, 1.165) is 42.9 Å². The van der Waals surface area contributed by atoms with Crippen LogP contribution >= 0.6 is 0 Å². The molecule has 1 unspecified atom stereocenters. The van der Waals surface area contributed by atoms with Crippen LogP contribution in [0.2, 0.25) is 0 Å². The fourth-order valence-electron chi connectivity index (χ4n) is 4.14. The zero-order valence-corrected chi connectivity index (χ0v) is 13.9. The van der Waals surface area contributed by atoms with Crippen molar-refractivity contribution in [2.45, 2.75) is 63.5 Å². The Balaban J connectivity index is 1.76. The number of fused-ring (bicyclic) bond motifs is 1. The van der Waals surface area contributed by atoms with Gasteiger partial charge in [0.05, 0.1) is 29.2 Å². The van der Waals surface area contributed by atoms with Gasteiger partial charge in [-0.1, -0.05) is 19.3 Å². The van der Waals surface area contributed by atoms with Crippen LogP contribution in [0.1, 0.15) is 67.0 Å². The highest BCUT2D eigenvalue weighted by atomic mass is 16.5. The molecule has 2 aliphatic rings. The molecule has 1 saturated heterocycles. The molecule has 1 N–H and O–H groups in total. The molecule has 1 aliphatic carbocycles. The predicted molar refractivity (Wildman–Crippen MR) is 91.5 cm³/mol. The smallest absolute Gasteiger partial charge is 0.335 e. The summed E-state index contributed by atoms with van der Waals surface area (Å²) in [5.41, 5.74) is 2.14. The molecule has 0 radical (unpaired) electrons. The van der Waals surface area contributed by atoms with Gasteiger partial charge in [0.25, 0.3) is 0 Å². The van der Waals surface area contributed by atoms with Crippen molar-refractivity contribution in [3.8, 4) is 0 Å². The van der Waals surface area contributed by atoms with Gasteiger partial charge in [0.2, 0.25) is 0 Å². The van der Waals surface area contributed by atoms with Gasteiger partial charge in [-0.25, -0.2) is 9.78 Å². The number of aromatic nitrogens is 2. The lowest BCUT2D eigenvalue weighted by molar-refractivity contribution is 0.0697. The van der Waals surface area contributed by atoms with Gasteiger partial charge in [-0.15, -0.1) is 0 Å². The number of carboxylic acids is 1. The minimum absolute atomic E-state index is 0.254. The molecule has 2 fully saturated rings. The lowest BCUT2D eigenvalue weighted by Gasteiger charge is -2.23. The van der Waals surface area contributed by atoms with Gasteiger partial charge in [-0.3, -0.25) is 0 Å². The van der Waals surface area contributed by atoms with Crippen molar-refractivity contribution in [1.82, 2.24) is 9.55 Å². The van der Waals surface area contributed by atoms with E-state index >= 15 is 0 Å². The number of imidazole rings is 1. The maximum Gasteiger partial charge on any atom is 0.335 e. The Morgan fingerprint density at radius 3 is 2.75 bits per heavy atom. The maximum absolute atomic E-state index is 11.3. The molecule has 1 aliphatic heterocycles. The topological polar surface area (TPSA) is 64.3 Å². The van der Waals surface area contributed by atoms with E-state index < -0.39 is 5.97 Å². The van der Waals surface area contributed by atoms with Crippen molar-refractivity contribution in [3.63, 3.8) is 0 Å². The van der Waals surface area contributed by atoms with Crippen LogP contribution in [0.15, 0.2) is 18.2 Å². The summed E-state index contributed by atoms with van der Waals surface area (Å²) >= 11 is 0. The highest BCUT2D eigenvalue weighted by molar-refractivity contribution is 5.92. The number of ether oxygens (including phenoxy) is 1. The second-order valence-electron chi connectivity index (χ2n) is 7.06. The first-order valence-corrected chi connectivity index (χ1v) is 9.07. The molecule has 0 amide bonds. The van der Waals surface area contributed by atoms with Crippen LogP contribution in [0.5, 0.6) is 0 Å². The number of nitrogens with zero attached hydrogens (tertiary/aromatic N) is 2. The van der Waals surface area contributed by atoms with Gasteiger partial charge < -0.3 is 14.4 Å². The van der Waals surface area contributed by atoms with E-state index in [9.17, 15) is 9.90 Å². The number of carboxylic acid groups (broad SMARTS) is 1. The van der Waals surface area contributed by atoms with Crippen LogP contribution in [-0.2, 0) is 11.3 Å². The molecule has 1 aromatic heterocycles. The number of carbonyl (C=O) groups is 1. The van der Waals surface area contributed by atoms with Crippen molar-refractivity contribution in [2.75, 3.05) is 6.61 Å². The summed E-state index contributed by atoms with van der Waals surface area (Å²) in [6.07, 6.45) is 8.66. The minimum Gasteiger partial charge on any atom is -0.478 e. The molecule has 5 nitrogen and oxygen atoms in total. The fourth-order valence-corrected chi connectivity index (χ4v) is 4.14. The molecule has 0 bridgehead atoms. The third kappa shape index (κ3) is 2.93. The summed E-state index contributed by atoms with van der Waals surface area (Å²) in [4.78, 5) is 16.1. The Hall–Kier alpha value is -1.88. The summed E-state index contributed by atoms with van der Waals surface area (Å²) in [5.74, 6) is 0.716. The summed E-state index contributed by atoms with van der Waals surface area (Å²) < 4.78 is 8.14. The SMILES string of the molecule is O=C(O)c1ccc2c(c1)nc(C1CCCCC1)n2CC1CCCO1. The monoisotopic (exact) mass is 328 g/mol. The minimum atomic E-state index is -0.898. The van der Waals surface area contributed by atoms with E-state index in [2.05, 4.69) is 4.57 Å². The molecule has 1 saturated carbocycles. The largest absolute Gasteiger partial charge is 0.478 e. The standard InChI is InChI=1S/C19H24N2O3/c22-19(23)14-8-9-17-16(11-14)20-18(13-5-2-1-3-6-13)21(17)12-15-7-4-10-24-15/h8-9,11,13,15H,1-7,10,12H2,(H,22,23). The molecule has 1 atom stereocenters. The van der Waals surface area contributed by atoms with E-state index in [0.29, 0.717) is 11.5 Å². The average Bonchev–Trinajstić information content (AvgIpc) is 3.24. The average molecular weight is 328 g/mol. The van der Waals surface area contributed by atoms with Gasteiger partial charge in [0, 0.05) is 12.5 Å². The van der Waals surface area contributed by atoms with Crippen molar-refractivity contribution in [2.24, 2.45) is 0 Å². The zero-order valence-electron chi connectivity index (χ0n) is 13.9. The summed E-state index contributed by atoms with van der Waals surface area (Å²) in [6.45, 7) is 1.67. The van der Waals surface area contributed by atoms with Crippen molar-refractivity contribution in [1.29, 1.82) is 0 Å². The molecular weight excluding hydrogens is 304 g/mol. The summed E-state index contributed by atoms with van der Waals surface area (Å²) in [7, 11) is 0. The number of hydrogen-bond acceptors (Lipinski definition) is 3. The number of rotatable bonds is 4. The molecule has 2 aromatic rings. The third-order valence-electron chi connectivity index (χ3n) is 5.41. The molecule has 4 rings (SSSR count). The zero-order chi connectivity index (χ0) is 16.5. The first-order valence-electron chi connectivity index (χ1n) is 9.07. The quantitative estimate of drug-likeness (QED) is 0.922. The van der Waals surface area contributed by atoms with Gasteiger partial charge in [0.15, 0.2) is 0 Å². The van der Waals surface area contributed by atoms with E-state index in [1.54, 1.807) is 12.1 Å². The summed E-state index contributed by atoms with van der Waals surface area (Å²) in [6, 6.07) is 5.30. The first kappa shape index (κ1) is 15.6. The second kappa shape index (κ2) is 6.55. The Bertz CT molecular complexity index is 740. The van der Waals surface area contributed by atoms with Crippen molar-refractivity contribution >= 4 is 17.0 Å². The highest BCUT2D eigenvalue weighted by Crippen LogP contribution is 2.34. The van der Waals surface area contributed by atoms with Crippen LogP contribution in [0.25, 0.3) is 11.0 Å². The second-order valence-corrected chi connectivity index (χ2v) is 7.06. The Labute approximate surface area is 141 Å². The lowest BCUT2D eigenvalue weighted by Crippen LogP contribution is -2.19. The van der Waals surface area contributed by atoms with Gasteiger partial charge in [-0.2, -0.15) is 0 Å². The van der Waals surface area contributed by atoms with Crippen LogP contribution in [0, 0.1) is 0 Å². The van der Waals surface area contributed by atoms with E-state index in [4.69, 9.17) is 9.72 Å². The molecule has 1 aromatic carbocycles. The Kier molecular flexibility index (Phi) is 4.27. The molecular formula is C19H24N2O3. The molecule has 5 heteroatoms. The Morgan fingerprint density at radius 1 is 1.21 bits per heavy atom. The van der Waals surface area contributed by atoms with Crippen LogP contribution < -0.4 is 0 Å². The van der Waals surface area contributed by atoms with Crippen LogP contribution in [0.3, 0.4) is 0 Å². The molecule has 0 spiro atoms. The van der Waals surface area contributed by atoms with Crippen molar-refractivity contribution in [3.05, 3.63) is 29.6 Å². The van der Waals surface area contributed by atoms with E-state index in [-0.39, 0.29) is 6.10 Å².